The Morgan fingerprint density at radius 1 is 1.38 bits per heavy atom. The lowest BCUT2D eigenvalue weighted by atomic mass is 9.95. The molecule has 5 atom stereocenters. The highest BCUT2D eigenvalue weighted by molar-refractivity contribution is 6.35. The third kappa shape index (κ3) is 4.24. The fourth-order valence-electron chi connectivity index (χ4n) is 3.03. The molecule has 2 fully saturated rings. The van der Waals surface area contributed by atoms with Gasteiger partial charge >= 0.3 is 0 Å². The molecule has 1 aromatic rings. The van der Waals surface area contributed by atoms with Crippen molar-refractivity contribution in [2.24, 2.45) is 0 Å². The number of fused-ring (bicyclic) bond motifs is 1. The molecular weight excluding hydrogens is 385 g/mol. The van der Waals surface area contributed by atoms with Crippen molar-refractivity contribution in [2.45, 2.75) is 57.2 Å². The maximum absolute atomic E-state index is 11.6. The summed E-state index contributed by atoms with van der Waals surface area (Å²) in [6.45, 7) is 5.06. The molecule has 0 saturated carbocycles. The number of nitrogens with one attached hydrogen (secondary N) is 1. The minimum atomic E-state index is -1.06. The van der Waals surface area contributed by atoms with Crippen LogP contribution in [0, 0.1) is 0 Å². The van der Waals surface area contributed by atoms with Gasteiger partial charge in [-0.05, 0) is 32.0 Å². The highest BCUT2D eigenvalue weighted by Crippen LogP contribution is 2.35. The van der Waals surface area contributed by atoms with E-state index in [4.69, 9.17) is 42.1 Å². The molecule has 9 heteroatoms. The van der Waals surface area contributed by atoms with Crippen molar-refractivity contribution in [1.82, 2.24) is 5.32 Å². The molecule has 1 amide bonds. The van der Waals surface area contributed by atoms with Crippen LogP contribution in [0.1, 0.15) is 20.8 Å². The number of rotatable bonds is 3. The number of carbonyl (C=O) groups is 1. The van der Waals surface area contributed by atoms with E-state index in [1.54, 1.807) is 26.0 Å². The van der Waals surface area contributed by atoms with Crippen molar-refractivity contribution in [2.75, 3.05) is 6.61 Å². The zero-order valence-corrected chi connectivity index (χ0v) is 16.1. The Morgan fingerprint density at radius 3 is 2.77 bits per heavy atom. The van der Waals surface area contributed by atoms with Crippen LogP contribution in [-0.4, -0.2) is 54.1 Å². The van der Waals surface area contributed by atoms with Crippen LogP contribution in [0.4, 0.5) is 0 Å². The second-order valence-electron chi connectivity index (χ2n) is 6.75. The van der Waals surface area contributed by atoms with Gasteiger partial charge in [-0.1, -0.05) is 23.2 Å². The van der Waals surface area contributed by atoms with Crippen LogP contribution < -0.4 is 10.1 Å². The van der Waals surface area contributed by atoms with Gasteiger partial charge in [-0.3, -0.25) is 4.79 Å². The van der Waals surface area contributed by atoms with E-state index in [0.717, 1.165) is 0 Å². The van der Waals surface area contributed by atoms with E-state index >= 15 is 0 Å². The topological polar surface area (TPSA) is 86.3 Å². The molecule has 0 unspecified atom stereocenters. The molecule has 0 radical (unpaired) electrons. The van der Waals surface area contributed by atoms with E-state index < -0.39 is 36.4 Å². The molecule has 2 heterocycles. The summed E-state index contributed by atoms with van der Waals surface area (Å²) in [5.41, 5.74) is 0. The van der Waals surface area contributed by atoms with E-state index in [1.165, 1.54) is 13.0 Å². The predicted molar refractivity (Wildman–Crippen MR) is 94.3 cm³/mol. The molecule has 1 aromatic carbocycles. The predicted octanol–water partition coefficient (Wildman–Crippen LogP) is 2.11. The number of aliphatic hydroxyl groups excluding tert-OH is 1. The van der Waals surface area contributed by atoms with Crippen LogP contribution in [0.25, 0.3) is 0 Å². The average molecular weight is 406 g/mol. The zero-order chi connectivity index (χ0) is 19.1. The molecule has 2 aliphatic heterocycles. The van der Waals surface area contributed by atoms with Gasteiger partial charge in [-0.25, -0.2) is 0 Å². The Labute approximate surface area is 161 Å². The molecule has 2 N–H and O–H groups in total. The van der Waals surface area contributed by atoms with Crippen LogP contribution in [0.3, 0.4) is 0 Å². The molecule has 0 aliphatic carbocycles. The van der Waals surface area contributed by atoms with Gasteiger partial charge in [-0.2, -0.15) is 0 Å². The second-order valence-corrected chi connectivity index (χ2v) is 7.59. The summed E-state index contributed by atoms with van der Waals surface area (Å²) < 4.78 is 23.1. The van der Waals surface area contributed by atoms with Gasteiger partial charge in [0.2, 0.25) is 12.2 Å². The Kier molecular flexibility index (Phi) is 5.67. The first-order valence-corrected chi connectivity index (χ1v) is 8.96. The lowest BCUT2D eigenvalue weighted by Gasteiger charge is -2.49. The number of amides is 1. The normalized spacial score (nSPS) is 33.2. The Hall–Kier alpha value is -1.09. The van der Waals surface area contributed by atoms with E-state index in [-0.39, 0.29) is 17.5 Å². The number of halogens is 2. The summed E-state index contributed by atoms with van der Waals surface area (Å²) in [6, 6.07) is 3.89. The second kappa shape index (κ2) is 7.50. The smallest absolute Gasteiger partial charge is 0.223 e. The number of hydrogen-bond acceptors (Lipinski definition) is 6. The summed E-state index contributed by atoms with van der Waals surface area (Å²) in [5.74, 6) is -0.877. The van der Waals surface area contributed by atoms with E-state index in [1.807, 2.05) is 0 Å². The van der Waals surface area contributed by atoms with Gasteiger partial charge in [0.1, 0.15) is 30.1 Å². The standard InChI is InChI=1S/C17H21Cl2NO6/c1-8(21)20-13-14(22)15-12(7-23-17(2,3)26-15)25-16(13)24-11-5-4-9(18)6-10(11)19/h4-6,12-16,22H,7H2,1-3H3,(H,20,21)/t12-,13-,14+,15+,16+/m1/s1. The van der Waals surface area contributed by atoms with Gasteiger partial charge in [0.15, 0.2) is 5.79 Å². The Balaban J connectivity index is 1.84. The van der Waals surface area contributed by atoms with Gasteiger partial charge in [0.25, 0.3) is 0 Å². The highest BCUT2D eigenvalue weighted by atomic mass is 35.5. The molecule has 2 saturated heterocycles. The molecule has 144 valence electrons. The fraction of sp³-hybridized carbons (Fsp3) is 0.588. The highest BCUT2D eigenvalue weighted by Gasteiger charge is 2.52. The van der Waals surface area contributed by atoms with E-state index in [2.05, 4.69) is 5.32 Å². The largest absolute Gasteiger partial charge is 0.461 e. The minimum Gasteiger partial charge on any atom is -0.461 e. The third-order valence-corrected chi connectivity index (χ3v) is 4.73. The summed E-state index contributed by atoms with van der Waals surface area (Å²) in [7, 11) is 0. The van der Waals surface area contributed by atoms with Crippen molar-refractivity contribution < 1.29 is 28.8 Å². The summed E-state index contributed by atoms with van der Waals surface area (Å²) in [5, 5.41) is 14.2. The number of ether oxygens (including phenoxy) is 4. The monoisotopic (exact) mass is 405 g/mol. The quantitative estimate of drug-likeness (QED) is 0.800. The average Bonchev–Trinajstić information content (AvgIpc) is 2.53. The minimum absolute atomic E-state index is 0.218. The number of hydrogen-bond donors (Lipinski definition) is 2. The van der Waals surface area contributed by atoms with Crippen LogP contribution in [-0.2, 0) is 19.0 Å². The fourth-order valence-corrected chi connectivity index (χ4v) is 3.48. The summed E-state index contributed by atoms with van der Waals surface area (Å²) >= 11 is 12.0. The van der Waals surface area contributed by atoms with Crippen molar-refractivity contribution in [3.05, 3.63) is 28.2 Å². The van der Waals surface area contributed by atoms with Crippen molar-refractivity contribution in [3.8, 4) is 5.75 Å². The lowest BCUT2D eigenvalue weighted by molar-refractivity contribution is -0.361. The van der Waals surface area contributed by atoms with Gasteiger partial charge in [-0.15, -0.1) is 0 Å². The first-order valence-electron chi connectivity index (χ1n) is 8.20. The molecule has 7 nitrogen and oxygen atoms in total. The van der Waals surface area contributed by atoms with Crippen molar-refractivity contribution in [3.63, 3.8) is 0 Å². The van der Waals surface area contributed by atoms with Crippen LogP contribution >= 0.6 is 23.2 Å². The maximum atomic E-state index is 11.6. The Morgan fingerprint density at radius 2 is 2.12 bits per heavy atom. The maximum Gasteiger partial charge on any atom is 0.223 e. The molecule has 0 bridgehead atoms. The zero-order valence-electron chi connectivity index (χ0n) is 14.6. The van der Waals surface area contributed by atoms with Crippen LogP contribution in [0.15, 0.2) is 18.2 Å². The number of carbonyl (C=O) groups excluding carboxylic acids is 1. The van der Waals surface area contributed by atoms with Crippen molar-refractivity contribution in [1.29, 1.82) is 0 Å². The number of aliphatic hydroxyl groups is 1. The van der Waals surface area contributed by atoms with Crippen LogP contribution in [0.2, 0.25) is 10.0 Å². The molecular formula is C17H21Cl2NO6. The molecule has 3 rings (SSSR count). The molecule has 2 aliphatic rings. The lowest BCUT2D eigenvalue weighted by Crippen LogP contribution is -2.69. The first kappa shape index (κ1) is 19.7. The van der Waals surface area contributed by atoms with Gasteiger partial charge in [0.05, 0.1) is 11.6 Å². The van der Waals surface area contributed by atoms with Crippen molar-refractivity contribution >= 4 is 29.1 Å². The van der Waals surface area contributed by atoms with E-state index in [9.17, 15) is 9.90 Å². The molecule has 0 spiro atoms. The van der Waals surface area contributed by atoms with E-state index in [0.29, 0.717) is 10.8 Å². The first-order chi connectivity index (χ1) is 12.2. The van der Waals surface area contributed by atoms with Gasteiger partial charge < -0.3 is 29.4 Å². The van der Waals surface area contributed by atoms with Crippen LogP contribution in [0.5, 0.6) is 5.75 Å². The SMILES string of the molecule is CC(=O)N[C@H]1[C@@H](Oc2ccc(Cl)cc2Cl)O[C@@H]2COC(C)(C)O[C@@H]2[C@H]1O. The summed E-state index contributed by atoms with van der Waals surface area (Å²) in [6.07, 6.45) is -3.27. The van der Waals surface area contributed by atoms with Gasteiger partial charge in [0, 0.05) is 11.9 Å². The summed E-state index contributed by atoms with van der Waals surface area (Å²) in [4.78, 5) is 11.6. The molecule has 26 heavy (non-hydrogen) atoms. The number of benzene rings is 1. The molecule has 0 aromatic heterocycles. The Bertz CT molecular complexity index is 685. The third-order valence-electron chi connectivity index (χ3n) is 4.20.